The molecule has 5 heteroatoms. The minimum absolute atomic E-state index is 0.0701. The van der Waals surface area contributed by atoms with Gasteiger partial charge in [-0.2, -0.15) is 0 Å². The van der Waals surface area contributed by atoms with E-state index in [0.29, 0.717) is 13.0 Å². The number of rotatable bonds is 5. The van der Waals surface area contributed by atoms with Crippen LogP contribution < -0.4 is 5.73 Å². The van der Waals surface area contributed by atoms with Gasteiger partial charge in [0.05, 0.1) is 17.1 Å². The van der Waals surface area contributed by atoms with Gasteiger partial charge in [0, 0.05) is 12.6 Å². The second-order valence-corrected chi connectivity index (χ2v) is 6.95. The zero-order valence-electron chi connectivity index (χ0n) is 9.48. The first kappa shape index (κ1) is 12.9. The summed E-state index contributed by atoms with van der Waals surface area (Å²) < 4.78 is 29.1. The van der Waals surface area contributed by atoms with E-state index in [9.17, 15) is 8.42 Å². The minimum atomic E-state index is -3.04. The molecule has 1 aliphatic rings. The second-order valence-electron chi connectivity index (χ2n) is 4.49. The Morgan fingerprint density at radius 3 is 2.60 bits per heavy atom. The fraction of sp³-hybridized carbons (Fsp3) is 1.00. The molecule has 0 aromatic heterocycles. The molecule has 1 heterocycles. The smallest absolute Gasteiger partial charge is 0.155 e. The van der Waals surface area contributed by atoms with Gasteiger partial charge < -0.3 is 10.5 Å². The van der Waals surface area contributed by atoms with Crippen LogP contribution in [0.4, 0.5) is 0 Å². The molecule has 0 saturated carbocycles. The quantitative estimate of drug-likeness (QED) is 0.762. The predicted octanol–water partition coefficient (Wildman–Crippen LogP) is 0.706. The Hall–Kier alpha value is -0.130. The van der Waals surface area contributed by atoms with Crippen molar-refractivity contribution in [2.75, 3.05) is 12.4 Å². The molecule has 0 spiro atoms. The van der Waals surface area contributed by atoms with Gasteiger partial charge in [-0.15, -0.1) is 0 Å². The topological polar surface area (TPSA) is 69.4 Å². The minimum Gasteiger partial charge on any atom is -0.377 e. The molecule has 4 nitrogen and oxygen atoms in total. The van der Waals surface area contributed by atoms with Crippen molar-refractivity contribution in [1.29, 1.82) is 0 Å². The van der Waals surface area contributed by atoms with Gasteiger partial charge in [0.25, 0.3) is 0 Å². The van der Waals surface area contributed by atoms with Crippen LogP contribution in [0.25, 0.3) is 0 Å². The predicted molar refractivity (Wildman–Crippen MR) is 60.5 cm³/mol. The highest BCUT2D eigenvalue weighted by Gasteiger charge is 2.28. The lowest BCUT2D eigenvalue weighted by molar-refractivity contribution is 0.127. The van der Waals surface area contributed by atoms with Crippen LogP contribution in [0.5, 0.6) is 0 Å². The van der Waals surface area contributed by atoms with E-state index in [4.69, 9.17) is 10.5 Å². The maximum absolute atomic E-state index is 11.9. The molecule has 0 radical (unpaired) electrons. The highest BCUT2D eigenvalue weighted by Crippen LogP contribution is 2.17. The van der Waals surface area contributed by atoms with Crippen LogP contribution in [-0.2, 0) is 14.6 Å². The fourth-order valence-corrected chi connectivity index (χ4v) is 3.58. The van der Waals surface area contributed by atoms with Gasteiger partial charge in [-0.3, -0.25) is 0 Å². The number of ether oxygens (including phenoxy) is 1. The highest BCUT2D eigenvalue weighted by molar-refractivity contribution is 7.92. The average Bonchev–Trinajstić information content (AvgIpc) is 2.54. The SMILES string of the molecule is CC(N)CC(C)S(=O)(=O)CC1CCCO1. The molecule has 3 unspecified atom stereocenters. The van der Waals surface area contributed by atoms with Gasteiger partial charge in [0.1, 0.15) is 0 Å². The molecule has 0 aromatic carbocycles. The van der Waals surface area contributed by atoms with Gasteiger partial charge in [-0.25, -0.2) is 8.42 Å². The zero-order chi connectivity index (χ0) is 11.5. The van der Waals surface area contributed by atoms with E-state index in [1.54, 1.807) is 6.92 Å². The van der Waals surface area contributed by atoms with Crippen molar-refractivity contribution in [3.05, 3.63) is 0 Å². The standard InChI is InChI=1S/C10H21NO3S/c1-8(11)6-9(2)15(12,13)7-10-4-3-5-14-10/h8-10H,3-7,11H2,1-2H3. The Morgan fingerprint density at radius 1 is 1.47 bits per heavy atom. The molecule has 1 fully saturated rings. The number of sulfone groups is 1. The molecule has 0 aliphatic carbocycles. The summed E-state index contributed by atoms with van der Waals surface area (Å²) in [6, 6.07) is -0.0701. The molecule has 2 N–H and O–H groups in total. The largest absolute Gasteiger partial charge is 0.377 e. The zero-order valence-corrected chi connectivity index (χ0v) is 10.3. The molecular formula is C10H21NO3S. The van der Waals surface area contributed by atoms with Crippen LogP contribution in [0.3, 0.4) is 0 Å². The summed E-state index contributed by atoms with van der Waals surface area (Å²) in [6.45, 7) is 4.26. The molecule has 1 aliphatic heterocycles. The maximum atomic E-state index is 11.9. The Bertz CT molecular complexity index is 281. The van der Waals surface area contributed by atoms with Crippen molar-refractivity contribution in [3.63, 3.8) is 0 Å². The van der Waals surface area contributed by atoms with Crippen molar-refractivity contribution >= 4 is 9.84 Å². The summed E-state index contributed by atoms with van der Waals surface area (Å²) in [6.07, 6.45) is 2.27. The van der Waals surface area contributed by atoms with Crippen LogP contribution in [0, 0.1) is 0 Å². The van der Waals surface area contributed by atoms with Gasteiger partial charge in [-0.1, -0.05) is 0 Å². The van der Waals surface area contributed by atoms with Gasteiger partial charge in [0.15, 0.2) is 9.84 Å². The summed E-state index contributed by atoms with van der Waals surface area (Å²) >= 11 is 0. The third-order valence-electron chi connectivity index (χ3n) is 2.76. The van der Waals surface area contributed by atoms with Crippen molar-refractivity contribution in [1.82, 2.24) is 0 Å². The Morgan fingerprint density at radius 2 is 2.13 bits per heavy atom. The summed E-state index contributed by atoms with van der Waals surface area (Å²) in [5.74, 6) is 0.154. The van der Waals surface area contributed by atoms with Crippen molar-refractivity contribution in [3.8, 4) is 0 Å². The summed E-state index contributed by atoms with van der Waals surface area (Å²) in [5.41, 5.74) is 5.60. The molecule has 1 saturated heterocycles. The van der Waals surface area contributed by atoms with E-state index < -0.39 is 9.84 Å². The Labute approximate surface area is 92.1 Å². The van der Waals surface area contributed by atoms with E-state index >= 15 is 0 Å². The van der Waals surface area contributed by atoms with Crippen LogP contribution in [0.15, 0.2) is 0 Å². The molecule has 0 aromatic rings. The van der Waals surface area contributed by atoms with E-state index in [1.807, 2.05) is 6.92 Å². The molecule has 0 bridgehead atoms. The van der Waals surface area contributed by atoms with Crippen molar-refractivity contribution < 1.29 is 13.2 Å². The van der Waals surface area contributed by atoms with Crippen LogP contribution in [0.1, 0.15) is 33.1 Å². The highest BCUT2D eigenvalue weighted by atomic mass is 32.2. The maximum Gasteiger partial charge on any atom is 0.155 e. The molecule has 3 atom stereocenters. The molecular weight excluding hydrogens is 214 g/mol. The van der Waals surface area contributed by atoms with E-state index in [2.05, 4.69) is 0 Å². The number of hydrogen-bond donors (Lipinski definition) is 1. The summed E-state index contributed by atoms with van der Waals surface area (Å²) in [4.78, 5) is 0. The average molecular weight is 235 g/mol. The van der Waals surface area contributed by atoms with Crippen molar-refractivity contribution in [2.24, 2.45) is 5.73 Å². The lowest BCUT2D eigenvalue weighted by Gasteiger charge is -2.17. The molecule has 1 rings (SSSR count). The normalized spacial score (nSPS) is 26.5. The Balaban J connectivity index is 2.49. The first-order valence-corrected chi connectivity index (χ1v) is 7.22. The fourth-order valence-electron chi connectivity index (χ4n) is 1.87. The van der Waals surface area contributed by atoms with Crippen LogP contribution >= 0.6 is 0 Å². The number of hydrogen-bond acceptors (Lipinski definition) is 4. The van der Waals surface area contributed by atoms with E-state index in [-0.39, 0.29) is 23.1 Å². The van der Waals surface area contributed by atoms with E-state index in [1.165, 1.54) is 0 Å². The van der Waals surface area contributed by atoms with Crippen molar-refractivity contribution in [2.45, 2.75) is 50.5 Å². The lowest BCUT2D eigenvalue weighted by atomic mass is 10.2. The third-order valence-corrected chi connectivity index (χ3v) is 5.01. The lowest BCUT2D eigenvalue weighted by Crippen LogP contribution is -2.32. The third kappa shape index (κ3) is 4.09. The summed E-state index contributed by atoms with van der Waals surface area (Å²) in [5, 5.41) is -0.360. The summed E-state index contributed by atoms with van der Waals surface area (Å²) in [7, 11) is -3.04. The molecule has 15 heavy (non-hydrogen) atoms. The Kier molecular flexibility index (Phi) is 4.55. The second kappa shape index (κ2) is 5.27. The van der Waals surface area contributed by atoms with Crippen LogP contribution in [0.2, 0.25) is 0 Å². The van der Waals surface area contributed by atoms with E-state index in [0.717, 1.165) is 12.8 Å². The monoisotopic (exact) mass is 235 g/mol. The number of nitrogens with two attached hydrogens (primary N) is 1. The van der Waals surface area contributed by atoms with Gasteiger partial charge in [0.2, 0.25) is 0 Å². The van der Waals surface area contributed by atoms with Gasteiger partial charge >= 0.3 is 0 Å². The van der Waals surface area contributed by atoms with Gasteiger partial charge in [-0.05, 0) is 33.1 Å². The molecule has 90 valence electrons. The van der Waals surface area contributed by atoms with Crippen LogP contribution in [-0.4, -0.2) is 38.2 Å². The first-order chi connectivity index (χ1) is 6.92. The molecule has 0 amide bonds. The first-order valence-electron chi connectivity index (χ1n) is 5.50.